The van der Waals surface area contributed by atoms with Gasteiger partial charge in [0.1, 0.15) is 0 Å². The van der Waals surface area contributed by atoms with E-state index in [0.29, 0.717) is 22.2 Å². The third-order valence-electron chi connectivity index (χ3n) is 2.69. The number of para-hydroxylation sites is 1. The van der Waals surface area contributed by atoms with Gasteiger partial charge in [-0.05, 0) is 32.4 Å². The number of nitrogens with one attached hydrogen (secondary N) is 2. The van der Waals surface area contributed by atoms with Crippen LogP contribution in [0, 0.1) is 0 Å². The Morgan fingerprint density at radius 3 is 2.42 bits per heavy atom. The summed E-state index contributed by atoms with van der Waals surface area (Å²) in [6.45, 7) is 4.02. The van der Waals surface area contributed by atoms with Gasteiger partial charge < -0.3 is 15.7 Å². The number of hydrogen-bond donors (Lipinski definition) is 3. The van der Waals surface area contributed by atoms with E-state index in [9.17, 15) is 4.79 Å². The average molecular weight is 305 g/mol. The van der Waals surface area contributed by atoms with Crippen molar-refractivity contribution in [3.63, 3.8) is 0 Å². The number of anilines is 1. The van der Waals surface area contributed by atoms with E-state index in [-0.39, 0.29) is 24.6 Å². The largest absolute Gasteiger partial charge is 0.396 e. The fourth-order valence-corrected chi connectivity index (χ4v) is 1.98. The minimum Gasteiger partial charge on any atom is -0.396 e. The van der Waals surface area contributed by atoms with Crippen LogP contribution in [0.15, 0.2) is 18.2 Å². The highest BCUT2D eigenvalue weighted by Crippen LogP contribution is 2.29. The highest BCUT2D eigenvalue weighted by atomic mass is 35.5. The van der Waals surface area contributed by atoms with Gasteiger partial charge in [0.05, 0.1) is 22.3 Å². The Kier molecular flexibility index (Phi) is 6.07. The van der Waals surface area contributed by atoms with Crippen molar-refractivity contribution in [1.29, 1.82) is 0 Å². The predicted molar refractivity (Wildman–Crippen MR) is 78.9 cm³/mol. The molecule has 0 aliphatic heterocycles. The number of carbonyl (C=O) groups excluding carboxylic acids is 1. The Hall–Kier alpha value is -0.810. The number of amides is 1. The summed E-state index contributed by atoms with van der Waals surface area (Å²) in [4.78, 5) is 11.8. The van der Waals surface area contributed by atoms with Crippen LogP contribution >= 0.6 is 23.2 Å². The first-order valence-corrected chi connectivity index (χ1v) is 6.71. The van der Waals surface area contributed by atoms with Gasteiger partial charge in [-0.1, -0.05) is 29.3 Å². The predicted octanol–water partition coefficient (Wildman–Crippen LogP) is 2.68. The molecule has 1 aromatic carbocycles. The maximum absolute atomic E-state index is 11.8. The molecule has 0 saturated carbocycles. The lowest BCUT2D eigenvalue weighted by Gasteiger charge is -2.25. The molecule has 0 aliphatic carbocycles. The smallest absolute Gasteiger partial charge is 0.238 e. The van der Waals surface area contributed by atoms with Crippen molar-refractivity contribution in [1.82, 2.24) is 5.32 Å². The summed E-state index contributed by atoms with van der Waals surface area (Å²) < 4.78 is 0. The zero-order valence-electron chi connectivity index (χ0n) is 11.0. The quantitative estimate of drug-likeness (QED) is 0.757. The molecule has 0 heterocycles. The van der Waals surface area contributed by atoms with Crippen LogP contribution in [0.2, 0.25) is 10.0 Å². The Morgan fingerprint density at radius 1 is 1.32 bits per heavy atom. The fraction of sp³-hybridized carbons (Fsp3) is 0.462. The summed E-state index contributed by atoms with van der Waals surface area (Å²) in [5.74, 6) is -0.235. The SMILES string of the molecule is CC(C)(CCO)NCC(=O)Nc1c(Cl)cccc1Cl. The van der Waals surface area contributed by atoms with Crippen LogP contribution in [0.5, 0.6) is 0 Å². The van der Waals surface area contributed by atoms with Crippen molar-refractivity contribution in [2.45, 2.75) is 25.8 Å². The second-order valence-electron chi connectivity index (χ2n) is 4.86. The molecule has 1 aromatic rings. The van der Waals surface area contributed by atoms with Crippen LogP contribution in [0.4, 0.5) is 5.69 Å². The van der Waals surface area contributed by atoms with E-state index in [1.54, 1.807) is 18.2 Å². The number of aliphatic hydroxyl groups is 1. The van der Waals surface area contributed by atoms with Gasteiger partial charge in [-0.2, -0.15) is 0 Å². The Labute approximate surface area is 123 Å². The molecule has 0 radical (unpaired) electrons. The van der Waals surface area contributed by atoms with Gasteiger partial charge >= 0.3 is 0 Å². The van der Waals surface area contributed by atoms with E-state index in [4.69, 9.17) is 28.3 Å². The first-order chi connectivity index (χ1) is 8.85. The molecule has 106 valence electrons. The minimum atomic E-state index is -0.309. The molecule has 4 nitrogen and oxygen atoms in total. The summed E-state index contributed by atoms with van der Waals surface area (Å²) in [5.41, 5.74) is 0.105. The summed E-state index contributed by atoms with van der Waals surface area (Å²) in [5, 5.41) is 15.4. The monoisotopic (exact) mass is 304 g/mol. The average Bonchev–Trinajstić information content (AvgIpc) is 2.32. The van der Waals surface area contributed by atoms with Gasteiger partial charge in [0, 0.05) is 12.1 Å². The lowest BCUT2D eigenvalue weighted by Crippen LogP contribution is -2.44. The molecule has 0 atom stereocenters. The molecule has 1 rings (SSSR count). The number of rotatable bonds is 6. The van der Waals surface area contributed by atoms with E-state index in [1.807, 2.05) is 13.8 Å². The van der Waals surface area contributed by atoms with Gasteiger partial charge in [0.15, 0.2) is 0 Å². The number of carbonyl (C=O) groups is 1. The summed E-state index contributed by atoms with van der Waals surface area (Å²) in [6.07, 6.45) is 0.563. The Bertz CT molecular complexity index is 430. The topological polar surface area (TPSA) is 61.4 Å². The summed E-state index contributed by atoms with van der Waals surface area (Å²) >= 11 is 11.9. The molecular formula is C13H18Cl2N2O2. The van der Waals surface area contributed by atoms with Crippen LogP contribution in [0.25, 0.3) is 0 Å². The maximum Gasteiger partial charge on any atom is 0.238 e. The lowest BCUT2D eigenvalue weighted by atomic mass is 10.0. The highest BCUT2D eigenvalue weighted by molar-refractivity contribution is 6.39. The van der Waals surface area contributed by atoms with Crippen LogP contribution < -0.4 is 10.6 Å². The van der Waals surface area contributed by atoms with Gasteiger partial charge in [-0.3, -0.25) is 4.79 Å². The van der Waals surface area contributed by atoms with Gasteiger partial charge in [0.2, 0.25) is 5.91 Å². The van der Waals surface area contributed by atoms with Crippen LogP contribution in [0.3, 0.4) is 0 Å². The third kappa shape index (κ3) is 5.37. The second-order valence-corrected chi connectivity index (χ2v) is 5.67. The standard InChI is InChI=1S/C13H18Cl2N2O2/c1-13(2,6-7-18)16-8-11(19)17-12-9(14)4-3-5-10(12)15/h3-5,16,18H,6-8H2,1-2H3,(H,17,19). The van der Waals surface area contributed by atoms with E-state index >= 15 is 0 Å². The minimum absolute atomic E-state index is 0.0674. The number of benzene rings is 1. The molecule has 3 N–H and O–H groups in total. The third-order valence-corrected chi connectivity index (χ3v) is 3.32. The van der Waals surface area contributed by atoms with Crippen molar-refractivity contribution < 1.29 is 9.90 Å². The van der Waals surface area contributed by atoms with Crippen LogP contribution in [-0.2, 0) is 4.79 Å². The molecule has 0 spiro atoms. The van der Waals surface area contributed by atoms with Crippen LogP contribution in [-0.4, -0.2) is 29.7 Å². The molecule has 0 bridgehead atoms. The normalized spacial score (nSPS) is 11.4. The second kappa shape index (κ2) is 7.10. The number of aliphatic hydroxyl groups excluding tert-OH is 1. The van der Waals surface area contributed by atoms with Crippen LogP contribution in [0.1, 0.15) is 20.3 Å². The van der Waals surface area contributed by atoms with Gasteiger partial charge in [-0.25, -0.2) is 0 Å². The highest BCUT2D eigenvalue weighted by Gasteiger charge is 2.18. The van der Waals surface area contributed by atoms with Crippen molar-refractivity contribution in [3.8, 4) is 0 Å². The molecule has 0 unspecified atom stereocenters. The Balaban J connectivity index is 2.57. The first kappa shape index (κ1) is 16.2. The maximum atomic E-state index is 11.8. The fourth-order valence-electron chi connectivity index (χ4n) is 1.49. The molecule has 19 heavy (non-hydrogen) atoms. The number of hydrogen-bond acceptors (Lipinski definition) is 3. The molecule has 0 fully saturated rings. The van der Waals surface area contributed by atoms with E-state index in [0.717, 1.165) is 0 Å². The zero-order valence-corrected chi connectivity index (χ0v) is 12.5. The van der Waals surface area contributed by atoms with E-state index in [2.05, 4.69) is 10.6 Å². The van der Waals surface area contributed by atoms with E-state index < -0.39 is 0 Å². The van der Waals surface area contributed by atoms with Gasteiger partial charge in [-0.15, -0.1) is 0 Å². The zero-order chi connectivity index (χ0) is 14.5. The van der Waals surface area contributed by atoms with E-state index in [1.165, 1.54) is 0 Å². The molecule has 6 heteroatoms. The van der Waals surface area contributed by atoms with Gasteiger partial charge in [0.25, 0.3) is 0 Å². The van der Waals surface area contributed by atoms with Crippen molar-refractivity contribution in [2.75, 3.05) is 18.5 Å². The molecule has 1 amide bonds. The van der Waals surface area contributed by atoms with Crippen molar-refractivity contribution in [2.24, 2.45) is 0 Å². The molecular weight excluding hydrogens is 287 g/mol. The van der Waals surface area contributed by atoms with Crippen molar-refractivity contribution >= 4 is 34.8 Å². The molecule has 0 saturated heterocycles. The molecule has 0 aliphatic rings. The number of halogens is 2. The summed E-state index contributed by atoms with van der Waals surface area (Å²) in [6, 6.07) is 5.03. The molecule has 0 aromatic heterocycles. The summed E-state index contributed by atoms with van der Waals surface area (Å²) in [7, 11) is 0. The Morgan fingerprint density at radius 2 is 1.89 bits per heavy atom. The lowest BCUT2D eigenvalue weighted by molar-refractivity contribution is -0.115. The van der Waals surface area contributed by atoms with Crippen molar-refractivity contribution in [3.05, 3.63) is 28.2 Å². The first-order valence-electron chi connectivity index (χ1n) is 5.95.